The molecule has 6 rings (SSSR count). The summed E-state index contributed by atoms with van der Waals surface area (Å²) in [5, 5.41) is 3.56. The van der Waals surface area contributed by atoms with Gasteiger partial charge in [0, 0.05) is 17.9 Å². The van der Waals surface area contributed by atoms with Crippen molar-refractivity contribution < 1.29 is 28.5 Å². The second-order valence-electron chi connectivity index (χ2n) is 7.78. The highest BCUT2D eigenvalue weighted by molar-refractivity contribution is 5.79. The Kier molecular flexibility index (Phi) is 3.68. The van der Waals surface area contributed by atoms with E-state index in [1.165, 1.54) is 0 Å². The van der Waals surface area contributed by atoms with Crippen molar-refractivity contribution in [2.45, 2.75) is 18.9 Å². The predicted molar refractivity (Wildman–Crippen MR) is 101 cm³/mol. The Hall–Kier alpha value is -2.93. The zero-order chi connectivity index (χ0) is 19.5. The molecule has 0 radical (unpaired) electrons. The molecule has 0 aromatic heterocycles. The van der Waals surface area contributed by atoms with Gasteiger partial charge in [0.2, 0.25) is 13.6 Å². The number of benzene rings is 2. The normalized spacial score (nSPS) is 28.1. The number of esters is 1. The van der Waals surface area contributed by atoms with E-state index in [1.54, 1.807) is 0 Å². The molecule has 1 aliphatic carbocycles. The van der Waals surface area contributed by atoms with E-state index in [4.69, 9.17) is 23.7 Å². The molecule has 0 amide bonds. The van der Waals surface area contributed by atoms with Gasteiger partial charge in [0.25, 0.3) is 0 Å². The van der Waals surface area contributed by atoms with Gasteiger partial charge in [-0.05, 0) is 47.5 Å². The van der Waals surface area contributed by atoms with Gasteiger partial charge in [0.1, 0.15) is 0 Å². The van der Waals surface area contributed by atoms with Crippen LogP contribution >= 0.6 is 0 Å². The second kappa shape index (κ2) is 6.29. The van der Waals surface area contributed by atoms with E-state index in [-0.39, 0.29) is 43.4 Å². The first-order chi connectivity index (χ1) is 14.2. The van der Waals surface area contributed by atoms with E-state index in [0.717, 1.165) is 40.5 Å². The first-order valence-corrected chi connectivity index (χ1v) is 9.97. The molecule has 4 atom stereocenters. The summed E-state index contributed by atoms with van der Waals surface area (Å²) in [6.45, 7) is 3.72. The first-order valence-electron chi connectivity index (χ1n) is 9.97. The van der Waals surface area contributed by atoms with Crippen LogP contribution in [0.15, 0.2) is 30.3 Å². The summed E-state index contributed by atoms with van der Waals surface area (Å²) in [4.78, 5) is 12.9. The van der Waals surface area contributed by atoms with Crippen molar-refractivity contribution in [1.82, 2.24) is 5.32 Å². The topological polar surface area (TPSA) is 75.3 Å². The molecular weight excluding hydrogens is 374 g/mol. The van der Waals surface area contributed by atoms with Crippen LogP contribution in [-0.4, -0.2) is 32.7 Å². The molecule has 0 spiro atoms. The number of fused-ring (bicyclic) bond motifs is 4. The SMILES string of the molecule is CCN[C@@H]1c2cc3c(cc2[C@H](c2ccc4c(c2)OCO4)[C@H]2C(=O)OC[C@@H]21)OCO3. The van der Waals surface area contributed by atoms with Gasteiger partial charge in [0.15, 0.2) is 23.0 Å². The maximum Gasteiger partial charge on any atom is 0.310 e. The molecule has 1 saturated heterocycles. The quantitative estimate of drug-likeness (QED) is 0.801. The minimum atomic E-state index is -0.271. The molecule has 0 unspecified atom stereocenters. The van der Waals surface area contributed by atoms with E-state index in [1.807, 2.05) is 24.3 Å². The Morgan fingerprint density at radius 1 is 0.897 bits per heavy atom. The van der Waals surface area contributed by atoms with Crippen molar-refractivity contribution in [3.8, 4) is 23.0 Å². The molecule has 0 bridgehead atoms. The van der Waals surface area contributed by atoms with Gasteiger partial charge in [-0.2, -0.15) is 0 Å². The average Bonchev–Trinajstić information content (AvgIpc) is 3.46. The summed E-state index contributed by atoms with van der Waals surface area (Å²) in [5.74, 6) is 2.38. The maximum absolute atomic E-state index is 12.9. The van der Waals surface area contributed by atoms with Crippen molar-refractivity contribution in [1.29, 1.82) is 0 Å². The number of hydrogen-bond acceptors (Lipinski definition) is 7. The smallest absolute Gasteiger partial charge is 0.310 e. The lowest BCUT2D eigenvalue weighted by Gasteiger charge is -2.39. The number of carbonyl (C=O) groups excluding carboxylic acids is 1. The molecular formula is C22H21NO6. The lowest BCUT2D eigenvalue weighted by atomic mass is 9.65. The highest BCUT2D eigenvalue weighted by Crippen LogP contribution is 2.54. The number of ether oxygens (including phenoxy) is 5. The summed E-state index contributed by atoms with van der Waals surface area (Å²) >= 11 is 0. The van der Waals surface area contributed by atoms with E-state index in [9.17, 15) is 4.79 Å². The van der Waals surface area contributed by atoms with Crippen LogP contribution in [0.4, 0.5) is 0 Å². The highest BCUT2D eigenvalue weighted by atomic mass is 16.7. The summed E-state index contributed by atoms with van der Waals surface area (Å²) in [6.07, 6.45) is 0. The van der Waals surface area contributed by atoms with Gasteiger partial charge in [-0.25, -0.2) is 0 Å². The lowest BCUT2D eigenvalue weighted by molar-refractivity contribution is -0.141. The van der Waals surface area contributed by atoms with Crippen molar-refractivity contribution >= 4 is 5.97 Å². The van der Waals surface area contributed by atoms with Crippen LogP contribution < -0.4 is 24.3 Å². The lowest BCUT2D eigenvalue weighted by Crippen LogP contribution is -2.40. The summed E-state index contributed by atoms with van der Waals surface area (Å²) in [7, 11) is 0. The predicted octanol–water partition coefficient (Wildman–Crippen LogP) is 2.73. The van der Waals surface area contributed by atoms with E-state index >= 15 is 0 Å². The molecule has 150 valence electrons. The monoisotopic (exact) mass is 395 g/mol. The van der Waals surface area contributed by atoms with Gasteiger partial charge in [-0.3, -0.25) is 4.79 Å². The van der Waals surface area contributed by atoms with Crippen molar-refractivity contribution in [3.63, 3.8) is 0 Å². The van der Waals surface area contributed by atoms with Crippen LogP contribution in [0.2, 0.25) is 0 Å². The molecule has 2 aromatic rings. The van der Waals surface area contributed by atoms with Crippen LogP contribution in [0.1, 0.15) is 35.6 Å². The fourth-order valence-electron chi connectivity index (χ4n) is 5.15. The molecule has 3 heterocycles. The Labute approximate surface area is 167 Å². The summed E-state index contributed by atoms with van der Waals surface area (Å²) < 4.78 is 27.9. The van der Waals surface area contributed by atoms with Crippen LogP contribution in [0.25, 0.3) is 0 Å². The van der Waals surface area contributed by atoms with Crippen LogP contribution in [0, 0.1) is 11.8 Å². The van der Waals surface area contributed by atoms with Crippen LogP contribution in [0.5, 0.6) is 23.0 Å². The van der Waals surface area contributed by atoms with Gasteiger partial charge in [0.05, 0.1) is 12.5 Å². The van der Waals surface area contributed by atoms with E-state index in [0.29, 0.717) is 12.4 Å². The second-order valence-corrected chi connectivity index (χ2v) is 7.78. The number of cyclic esters (lactones) is 1. The van der Waals surface area contributed by atoms with E-state index in [2.05, 4.69) is 18.3 Å². The highest BCUT2D eigenvalue weighted by Gasteiger charge is 2.52. The molecule has 29 heavy (non-hydrogen) atoms. The first kappa shape index (κ1) is 17.0. The van der Waals surface area contributed by atoms with Crippen molar-refractivity contribution in [2.75, 3.05) is 26.7 Å². The number of carbonyl (C=O) groups is 1. The zero-order valence-electron chi connectivity index (χ0n) is 16.0. The minimum Gasteiger partial charge on any atom is -0.465 e. The van der Waals surface area contributed by atoms with Gasteiger partial charge >= 0.3 is 5.97 Å². The average molecular weight is 395 g/mol. The molecule has 1 fully saturated rings. The third kappa shape index (κ3) is 2.43. The fourth-order valence-corrected chi connectivity index (χ4v) is 5.15. The minimum absolute atomic E-state index is 0.0196. The van der Waals surface area contributed by atoms with E-state index < -0.39 is 0 Å². The Morgan fingerprint density at radius 3 is 2.34 bits per heavy atom. The van der Waals surface area contributed by atoms with Crippen molar-refractivity contribution in [3.05, 3.63) is 47.0 Å². The molecule has 7 nitrogen and oxygen atoms in total. The van der Waals surface area contributed by atoms with Gasteiger partial charge < -0.3 is 29.0 Å². The Bertz CT molecular complexity index is 1010. The molecule has 4 aliphatic rings. The molecule has 2 aromatic carbocycles. The van der Waals surface area contributed by atoms with Crippen LogP contribution in [0.3, 0.4) is 0 Å². The molecule has 7 heteroatoms. The molecule has 3 aliphatic heterocycles. The number of nitrogens with one attached hydrogen (secondary N) is 1. The zero-order valence-corrected chi connectivity index (χ0v) is 16.0. The van der Waals surface area contributed by atoms with Gasteiger partial charge in [-0.1, -0.05) is 13.0 Å². The Morgan fingerprint density at radius 2 is 1.59 bits per heavy atom. The third-order valence-corrected chi connectivity index (χ3v) is 6.37. The molecule has 0 saturated carbocycles. The number of hydrogen-bond donors (Lipinski definition) is 1. The fraction of sp³-hybridized carbons (Fsp3) is 0.409. The van der Waals surface area contributed by atoms with Crippen LogP contribution in [-0.2, 0) is 9.53 Å². The largest absolute Gasteiger partial charge is 0.465 e. The van der Waals surface area contributed by atoms with Gasteiger partial charge in [-0.15, -0.1) is 0 Å². The number of rotatable bonds is 3. The van der Waals surface area contributed by atoms with Crippen molar-refractivity contribution in [2.24, 2.45) is 11.8 Å². The Balaban J connectivity index is 1.56. The standard InChI is InChI=1S/C22H21NO6/c1-2-23-21-13-7-18-17(28-10-29-18)6-12(13)19(20-14(21)8-25-22(20)24)11-3-4-15-16(5-11)27-9-26-15/h3-7,14,19-21,23H,2,8-10H2,1H3/t14-,19-,20-,21+/m0/s1. The summed E-state index contributed by atoms with van der Waals surface area (Å²) in [6, 6.07) is 10.0. The molecule has 1 N–H and O–H groups in total. The maximum atomic E-state index is 12.9. The summed E-state index contributed by atoms with van der Waals surface area (Å²) in [5.41, 5.74) is 3.22. The third-order valence-electron chi connectivity index (χ3n) is 6.37.